The molecule has 0 aliphatic carbocycles. The van der Waals surface area contributed by atoms with Crippen molar-refractivity contribution in [1.82, 2.24) is 0 Å². The number of hydrogen-bond donors (Lipinski definition) is 0. The van der Waals surface area contributed by atoms with E-state index in [0.717, 1.165) is 25.7 Å². The van der Waals surface area contributed by atoms with Crippen LogP contribution in [0.15, 0.2) is 48.6 Å². The van der Waals surface area contributed by atoms with Gasteiger partial charge in [0.2, 0.25) is 0 Å². The van der Waals surface area contributed by atoms with E-state index in [0.29, 0.717) is 11.0 Å². The number of esters is 2. The molecule has 0 N–H and O–H groups in total. The number of carbonyl (C=O) groups excluding carboxylic acids is 2. The van der Waals surface area contributed by atoms with E-state index < -0.39 is 32.5 Å². The zero-order chi connectivity index (χ0) is 25.9. The van der Waals surface area contributed by atoms with Gasteiger partial charge in [-0.25, -0.2) is 9.59 Å². The summed E-state index contributed by atoms with van der Waals surface area (Å²) >= 11 is 0. The minimum atomic E-state index is -4.63. The highest BCUT2D eigenvalue weighted by molar-refractivity contribution is 7.45. The fourth-order valence-corrected chi connectivity index (χ4v) is 2.86. The Bertz CT molecular complexity index is 753. The second kappa shape index (κ2) is 18.3. The Morgan fingerprint density at radius 2 is 1.44 bits per heavy atom. The molecule has 0 amide bonds. The lowest BCUT2D eigenvalue weighted by Crippen LogP contribution is -2.37. The minimum absolute atomic E-state index is 0.0626. The van der Waals surface area contributed by atoms with Crippen molar-refractivity contribution in [2.45, 2.75) is 45.6 Å². The van der Waals surface area contributed by atoms with Crippen molar-refractivity contribution in [3.63, 3.8) is 0 Å². The molecule has 2 atom stereocenters. The molecule has 194 valence electrons. The van der Waals surface area contributed by atoms with E-state index >= 15 is 0 Å². The molecule has 0 fully saturated rings. The van der Waals surface area contributed by atoms with Crippen molar-refractivity contribution in [2.75, 3.05) is 47.5 Å². The van der Waals surface area contributed by atoms with Crippen molar-refractivity contribution >= 4 is 19.8 Å². The first kappa shape index (κ1) is 32.0. The van der Waals surface area contributed by atoms with Crippen LogP contribution in [0.4, 0.5) is 0 Å². The summed E-state index contributed by atoms with van der Waals surface area (Å²) in [6.45, 7) is 3.52. The van der Waals surface area contributed by atoms with E-state index in [1.807, 2.05) is 47.1 Å². The van der Waals surface area contributed by atoms with Gasteiger partial charge < -0.3 is 27.9 Å². The van der Waals surface area contributed by atoms with Gasteiger partial charge in [-0.3, -0.25) is 4.57 Å². The molecule has 0 rings (SSSR count). The third-order valence-electron chi connectivity index (χ3n) is 3.99. The van der Waals surface area contributed by atoms with Crippen LogP contribution in [0.2, 0.25) is 0 Å². The van der Waals surface area contributed by atoms with E-state index in [2.05, 4.69) is 0 Å². The molecule has 0 aromatic heterocycles. The Morgan fingerprint density at radius 3 is 1.97 bits per heavy atom. The zero-order valence-corrected chi connectivity index (χ0v) is 21.9. The fourth-order valence-electron chi connectivity index (χ4n) is 2.13. The van der Waals surface area contributed by atoms with Gasteiger partial charge in [0.05, 0.1) is 27.7 Å². The number of likely N-dealkylation sites (N-methyl/N-ethyl adjacent to an activating group) is 1. The molecule has 9 nitrogen and oxygen atoms in total. The van der Waals surface area contributed by atoms with Crippen LogP contribution in [0.25, 0.3) is 0 Å². The zero-order valence-electron chi connectivity index (χ0n) is 21.0. The van der Waals surface area contributed by atoms with Crippen molar-refractivity contribution in [2.24, 2.45) is 0 Å². The van der Waals surface area contributed by atoms with Gasteiger partial charge in [0.1, 0.15) is 19.8 Å². The first-order chi connectivity index (χ1) is 16.0. The van der Waals surface area contributed by atoms with Crippen molar-refractivity contribution in [1.29, 1.82) is 0 Å². The molecular weight excluding hydrogens is 461 g/mol. The van der Waals surface area contributed by atoms with Crippen LogP contribution in [0, 0.1) is 0 Å². The van der Waals surface area contributed by atoms with Crippen molar-refractivity contribution < 1.29 is 42.1 Å². The quantitative estimate of drug-likeness (QED) is 0.0923. The molecule has 0 aromatic carbocycles. The molecule has 0 aliphatic rings. The van der Waals surface area contributed by atoms with E-state index in [9.17, 15) is 19.0 Å². The van der Waals surface area contributed by atoms with E-state index in [1.54, 1.807) is 12.2 Å². The maximum absolute atomic E-state index is 12.1. The average molecular weight is 502 g/mol. The molecule has 34 heavy (non-hydrogen) atoms. The van der Waals surface area contributed by atoms with Gasteiger partial charge in [0.15, 0.2) is 6.10 Å². The topological polar surface area (TPSA) is 111 Å². The van der Waals surface area contributed by atoms with Gasteiger partial charge in [-0.05, 0) is 12.8 Å². The summed E-state index contributed by atoms with van der Waals surface area (Å²) in [5, 5.41) is 0. The Labute approximate surface area is 203 Å². The lowest BCUT2D eigenvalue weighted by molar-refractivity contribution is -0.870. The van der Waals surface area contributed by atoms with E-state index in [-0.39, 0.29) is 13.2 Å². The number of allylic oxidation sites excluding steroid dienone is 6. The van der Waals surface area contributed by atoms with E-state index in [4.69, 9.17) is 18.5 Å². The van der Waals surface area contributed by atoms with Gasteiger partial charge in [-0.1, -0.05) is 63.1 Å². The van der Waals surface area contributed by atoms with Crippen LogP contribution in [-0.4, -0.2) is 70.0 Å². The average Bonchev–Trinajstić information content (AvgIpc) is 2.74. The van der Waals surface area contributed by atoms with Gasteiger partial charge in [0.25, 0.3) is 7.82 Å². The highest BCUT2D eigenvalue weighted by Crippen LogP contribution is 2.38. The molecule has 0 aliphatic heterocycles. The number of nitrogens with zero attached hydrogens (tertiary/aromatic N) is 1. The number of rotatable bonds is 18. The number of phosphoric acid groups is 1. The number of ether oxygens (including phenoxy) is 2. The molecular formula is C24H40NO8P. The highest BCUT2D eigenvalue weighted by Gasteiger charge is 2.20. The summed E-state index contributed by atoms with van der Waals surface area (Å²) in [5.74, 6) is -1.39. The molecule has 10 heteroatoms. The minimum Gasteiger partial charge on any atom is -0.756 e. The SMILES string of the molecule is CCC/C=C/C=C/C(=O)OC[C@H](COP(=O)([O-])OCC[N+](C)(C)C)OC(=O)/C=C/C=C/CCC. The predicted molar refractivity (Wildman–Crippen MR) is 130 cm³/mol. The summed E-state index contributed by atoms with van der Waals surface area (Å²) in [4.78, 5) is 36.0. The van der Waals surface area contributed by atoms with Gasteiger partial charge in [-0.15, -0.1) is 0 Å². The van der Waals surface area contributed by atoms with Crippen molar-refractivity contribution in [3.05, 3.63) is 48.6 Å². The van der Waals surface area contributed by atoms with Crippen LogP contribution < -0.4 is 4.89 Å². The molecule has 0 saturated carbocycles. The molecule has 1 unspecified atom stereocenters. The molecule has 0 aromatic rings. The standard InChI is InChI=1S/C24H40NO8P/c1-6-8-10-12-14-16-23(26)30-20-22(33-24(27)17-15-13-11-9-7-2)21-32-34(28,29)31-19-18-25(3,4)5/h10-17,22H,6-9,18-21H2,1-5H3/b12-10+,13-11+,16-14+,17-15+/t22-/m1/s1. The first-order valence-electron chi connectivity index (χ1n) is 11.4. The second-order valence-corrected chi connectivity index (χ2v) is 9.84. The van der Waals surface area contributed by atoms with Gasteiger partial charge >= 0.3 is 11.9 Å². The third-order valence-corrected chi connectivity index (χ3v) is 4.96. The third kappa shape index (κ3) is 20.6. The van der Waals surface area contributed by atoms with E-state index in [1.165, 1.54) is 24.3 Å². The summed E-state index contributed by atoms with van der Waals surface area (Å²) in [5.41, 5.74) is 0. The number of carbonyl (C=O) groups is 2. The van der Waals surface area contributed by atoms with Gasteiger partial charge in [-0.2, -0.15) is 0 Å². The van der Waals surface area contributed by atoms with Crippen LogP contribution in [-0.2, 0) is 32.7 Å². The Kier molecular flexibility index (Phi) is 17.2. The molecule has 0 heterocycles. The second-order valence-electron chi connectivity index (χ2n) is 8.43. The summed E-state index contributed by atoms with van der Waals surface area (Å²) < 4.78 is 32.5. The number of hydrogen-bond acceptors (Lipinski definition) is 8. The largest absolute Gasteiger partial charge is 0.756 e. The first-order valence-corrected chi connectivity index (χ1v) is 12.9. The molecule has 0 bridgehead atoms. The maximum Gasteiger partial charge on any atom is 0.331 e. The highest BCUT2D eigenvalue weighted by atomic mass is 31.2. The maximum atomic E-state index is 12.1. The number of quaternary nitrogens is 1. The fraction of sp³-hybridized carbons (Fsp3) is 0.583. The summed E-state index contributed by atoms with van der Waals surface area (Å²) in [6, 6.07) is 0. The van der Waals surface area contributed by atoms with Crippen LogP contribution >= 0.6 is 7.82 Å². The van der Waals surface area contributed by atoms with Gasteiger partial charge in [0, 0.05) is 12.2 Å². The number of unbranched alkanes of at least 4 members (excludes halogenated alkanes) is 2. The van der Waals surface area contributed by atoms with Crippen LogP contribution in [0.5, 0.6) is 0 Å². The van der Waals surface area contributed by atoms with Crippen LogP contribution in [0.3, 0.4) is 0 Å². The number of phosphoric ester groups is 1. The van der Waals surface area contributed by atoms with Crippen molar-refractivity contribution in [3.8, 4) is 0 Å². The molecule has 0 saturated heterocycles. The Balaban J connectivity index is 4.93. The smallest absolute Gasteiger partial charge is 0.331 e. The summed E-state index contributed by atoms with van der Waals surface area (Å²) in [6.07, 6.45) is 15.3. The van der Waals surface area contributed by atoms with Crippen LogP contribution in [0.1, 0.15) is 39.5 Å². The monoisotopic (exact) mass is 501 g/mol. The predicted octanol–water partition coefficient (Wildman–Crippen LogP) is 3.47. The summed E-state index contributed by atoms with van der Waals surface area (Å²) in [7, 11) is 1.05. The Hall–Kier alpha value is -2.03. The normalized spacial score (nSPS) is 15.4. The lowest BCUT2D eigenvalue weighted by Gasteiger charge is -2.28. The molecule has 0 radical (unpaired) electrons. The molecule has 0 spiro atoms. The Morgan fingerprint density at radius 1 is 0.882 bits per heavy atom. The lowest BCUT2D eigenvalue weighted by atomic mass is 10.3.